The maximum atomic E-state index is 11.8. The lowest BCUT2D eigenvalue weighted by molar-refractivity contribution is 0.0687. The van der Waals surface area contributed by atoms with Crippen LogP contribution in [0.15, 0.2) is 18.2 Å². The third kappa shape index (κ3) is 4.26. The van der Waals surface area contributed by atoms with Crippen LogP contribution in [0.1, 0.15) is 48.2 Å². The van der Waals surface area contributed by atoms with E-state index in [1.54, 1.807) is 18.2 Å². The molecule has 2 N–H and O–H groups in total. The molecule has 0 saturated heterocycles. The van der Waals surface area contributed by atoms with E-state index < -0.39 is 21.4 Å². The van der Waals surface area contributed by atoms with Crippen LogP contribution in [0.3, 0.4) is 0 Å². The van der Waals surface area contributed by atoms with E-state index in [1.807, 2.05) is 0 Å². The summed E-state index contributed by atoms with van der Waals surface area (Å²) in [7, 11) is -1.22. The molecule has 1 aliphatic rings. The second-order valence-electron chi connectivity index (χ2n) is 6.39. The third-order valence-electron chi connectivity index (χ3n) is 4.52. The molecule has 1 fully saturated rings. The number of nitrogens with zero attached hydrogens (tertiary/aromatic N) is 2. The van der Waals surface area contributed by atoms with E-state index in [0.29, 0.717) is 24.2 Å². The fraction of sp³-hybridized carbons (Fsp3) is 0.389. The fourth-order valence-corrected chi connectivity index (χ4v) is 3.88. The summed E-state index contributed by atoms with van der Waals surface area (Å²) >= 11 is 0. The highest BCUT2D eigenvalue weighted by Crippen LogP contribution is 2.31. The number of nitrogens with one attached hydrogen (secondary N) is 1. The van der Waals surface area contributed by atoms with Crippen molar-refractivity contribution >= 4 is 16.7 Å². The highest BCUT2D eigenvalue weighted by Gasteiger charge is 2.33. The minimum atomic E-state index is -2.69. The average molecular weight is 405 g/mol. The number of benzene rings is 1. The molecule has 3 rings (SSSR count). The van der Waals surface area contributed by atoms with Crippen molar-refractivity contribution in [3.05, 3.63) is 29.5 Å². The maximum Gasteiger partial charge on any atom is 0.362 e. The number of H-pyrrole nitrogens is 1. The Kier molecular flexibility index (Phi) is 5.84. The SMILES string of the molecule is COc1cc(C#CC2([SH](=O)=O)CCCCC2)cc(Oc2[nH]nnc2C(=O)O)c1. The van der Waals surface area contributed by atoms with Crippen LogP contribution in [0.25, 0.3) is 0 Å². The average Bonchev–Trinajstić information content (AvgIpc) is 3.15. The molecule has 9 nitrogen and oxygen atoms in total. The van der Waals surface area contributed by atoms with Gasteiger partial charge in [0, 0.05) is 11.6 Å². The van der Waals surface area contributed by atoms with Gasteiger partial charge in [-0.3, -0.25) is 0 Å². The predicted molar refractivity (Wildman–Crippen MR) is 99.4 cm³/mol. The zero-order valence-electron chi connectivity index (χ0n) is 15.1. The summed E-state index contributed by atoms with van der Waals surface area (Å²) < 4.78 is 33.4. The molecule has 1 aromatic carbocycles. The Morgan fingerprint density at radius 3 is 2.57 bits per heavy atom. The predicted octanol–water partition coefficient (Wildman–Crippen LogP) is 1.97. The van der Waals surface area contributed by atoms with Gasteiger partial charge in [0.2, 0.25) is 5.69 Å². The second kappa shape index (κ2) is 8.31. The molecule has 148 valence electrons. The van der Waals surface area contributed by atoms with Gasteiger partial charge < -0.3 is 14.6 Å². The summed E-state index contributed by atoms with van der Waals surface area (Å²) in [6.45, 7) is 0. The molecule has 1 saturated carbocycles. The molecule has 0 atom stereocenters. The van der Waals surface area contributed by atoms with Crippen molar-refractivity contribution < 1.29 is 27.8 Å². The van der Waals surface area contributed by atoms with Crippen LogP contribution >= 0.6 is 0 Å². The number of rotatable bonds is 5. The van der Waals surface area contributed by atoms with Gasteiger partial charge in [-0.2, -0.15) is 0 Å². The van der Waals surface area contributed by atoms with Crippen molar-refractivity contribution in [3.63, 3.8) is 0 Å². The van der Waals surface area contributed by atoms with Gasteiger partial charge in [-0.05, 0) is 25.0 Å². The lowest BCUT2D eigenvalue weighted by atomic mass is 9.88. The number of methoxy groups -OCH3 is 1. The van der Waals surface area contributed by atoms with Crippen molar-refractivity contribution in [3.8, 4) is 29.2 Å². The summed E-state index contributed by atoms with van der Waals surface area (Å²) in [5.41, 5.74) is 0.125. The number of carboxylic acid groups (broad SMARTS) is 1. The van der Waals surface area contributed by atoms with Gasteiger partial charge in [-0.1, -0.05) is 36.3 Å². The van der Waals surface area contributed by atoms with Gasteiger partial charge in [-0.15, -0.1) is 5.10 Å². The molecule has 1 heterocycles. The Morgan fingerprint density at radius 1 is 1.21 bits per heavy atom. The minimum absolute atomic E-state index is 0.133. The smallest absolute Gasteiger partial charge is 0.362 e. The molecule has 0 radical (unpaired) electrons. The van der Waals surface area contributed by atoms with Gasteiger partial charge in [0.1, 0.15) is 16.2 Å². The highest BCUT2D eigenvalue weighted by atomic mass is 32.2. The molecule has 0 unspecified atom stereocenters. The highest BCUT2D eigenvalue weighted by molar-refractivity contribution is 7.74. The zero-order valence-corrected chi connectivity index (χ0v) is 16.0. The van der Waals surface area contributed by atoms with Crippen LogP contribution in [0.2, 0.25) is 0 Å². The standard InChI is InChI=1S/C18H19N3O6S/c1-26-13-9-12(5-8-18(28(24)25)6-3-2-4-7-18)10-14(11-13)27-16-15(17(22)23)19-21-20-16/h9-11,28H,2-4,6-7H2,1H3,(H,22,23)(H,19,20,21). The van der Waals surface area contributed by atoms with Crippen LogP contribution in [-0.4, -0.2) is 46.8 Å². The summed E-state index contributed by atoms with van der Waals surface area (Å²) in [6, 6.07) is 4.76. The van der Waals surface area contributed by atoms with Gasteiger partial charge in [-0.25, -0.2) is 18.3 Å². The van der Waals surface area contributed by atoms with Crippen molar-refractivity contribution in [2.24, 2.45) is 0 Å². The van der Waals surface area contributed by atoms with Crippen molar-refractivity contribution in [1.82, 2.24) is 15.4 Å². The van der Waals surface area contributed by atoms with Crippen LogP contribution in [0, 0.1) is 11.8 Å². The molecule has 0 aliphatic heterocycles. The first-order chi connectivity index (χ1) is 13.4. The van der Waals surface area contributed by atoms with Crippen LogP contribution in [0.4, 0.5) is 0 Å². The van der Waals surface area contributed by atoms with E-state index in [-0.39, 0.29) is 17.3 Å². The first kappa shape index (κ1) is 19.7. The topological polar surface area (TPSA) is 131 Å². The van der Waals surface area contributed by atoms with E-state index in [2.05, 4.69) is 27.3 Å². The van der Waals surface area contributed by atoms with E-state index >= 15 is 0 Å². The monoisotopic (exact) mass is 405 g/mol. The molecular formula is C18H19N3O6S. The molecule has 0 amide bonds. The molecule has 0 bridgehead atoms. The largest absolute Gasteiger partial charge is 0.497 e. The zero-order chi connectivity index (χ0) is 20.1. The number of aromatic carboxylic acids is 1. The molecular weight excluding hydrogens is 386 g/mol. The lowest BCUT2D eigenvalue weighted by Gasteiger charge is -2.26. The Morgan fingerprint density at radius 2 is 1.93 bits per heavy atom. The molecule has 1 aliphatic carbocycles. The summed E-state index contributed by atoms with van der Waals surface area (Å²) in [4.78, 5) is 11.1. The normalized spacial score (nSPS) is 15.5. The van der Waals surface area contributed by atoms with E-state index in [0.717, 1.165) is 19.3 Å². The number of ether oxygens (including phenoxy) is 2. The van der Waals surface area contributed by atoms with Crippen molar-refractivity contribution in [1.29, 1.82) is 0 Å². The van der Waals surface area contributed by atoms with Gasteiger partial charge in [0.25, 0.3) is 5.88 Å². The number of carbonyl (C=O) groups is 1. The van der Waals surface area contributed by atoms with Crippen LogP contribution < -0.4 is 9.47 Å². The minimum Gasteiger partial charge on any atom is -0.497 e. The van der Waals surface area contributed by atoms with Crippen molar-refractivity contribution in [2.45, 2.75) is 36.9 Å². The first-order valence-electron chi connectivity index (χ1n) is 8.62. The van der Waals surface area contributed by atoms with Crippen LogP contribution in [-0.2, 0) is 10.7 Å². The molecule has 1 aromatic heterocycles. The first-order valence-corrected chi connectivity index (χ1v) is 9.80. The fourth-order valence-electron chi connectivity index (χ4n) is 3.05. The summed E-state index contributed by atoms with van der Waals surface area (Å²) in [5, 5.41) is 18.3. The maximum absolute atomic E-state index is 11.8. The van der Waals surface area contributed by atoms with Crippen molar-refractivity contribution in [2.75, 3.05) is 7.11 Å². The molecule has 28 heavy (non-hydrogen) atoms. The van der Waals surface area contributed by atoms with Gasteiger partial charge >= 0.3 is 5.97 Å². The Bertz CT molecular complexity index is 1000. The second-order valence-corrected chi connectivity index (χ2v) is 7.76. The third-order valence-corrected chi connectivity index (χ3v) is 5.78. The Balaban J connectivity index is 1.94. The molecule has 2 aromatic rings. The molecule has 10 heteroatoms. The van der Waals surface area contributed by atoms with Gasteiger partial charge in [0.15, 0.2) is 10.7 Å². The summed E-state index contributed by atoms with van der Waals surface area (Å²) in [5.74, 6) is 5.11. The number of aromatic amines is 1. The number of hydrogen-bond donors (Lipinski definition) is 3. The number of carboxylic acids is 1. The van der Waals surface area contributed by atoms with E-state index in [9.17, 15) is 13.2 Å². The number of thiol groups is 1. The van der Waals surface area contributed by atoms with E-state index in [4.69, 9.17) is 14.6 Å². The molecule has 0 spiro atoms. The van der Waals surface area contributed by atoms with Crippen LogP contribution in [0.5, 0.6) is 17.4 Å². The van der Waals surface area contributed by atoms with Gasteiger partial charge in [0.05, 0.1) is 7.11 Å². The Hall–Kier alpha value is -3.06. The number of hydrogen-bond acceptors (Lipinski definition) is 7. The summed E-state index contributed by atoms with van der Waals surface area (Å²) in [6.07, 6.45) is 3.71. The number of aromatic nitrogens is 3. The lowest BCUT2D eigenvalue weighted by Crippen LogP contribution is -2.31. The Labute approximate surface area is 163 Å². The quantitative estimate of drug-likeness (QED) is 0.508. The van der Waals surface area contributed by atoms with E-state index in [1.165, 1.54) is 7.11 Å².